The molecule has 8 heteroatoms. The Kier molecular flexibility index (Phi) is 6.11. The second kappa shape index (κ2) is 7.85. The van der Waals surface area contributed by atoms with Gasteiger partial charge in [-0.05, 0) is 6.42 Å². The summed E-state index contributed by atoms with van der Waals surface area (Å²) >= 11 is 0. The highest BCUT2D eigenvalue weighted by atomic mass is 16.6. The van der Waals surface area contributed by atoms with Crippen LogP contribution in [0.1, 0.15) is 16.8 Å². The van der Waals surface area contributed by atoms with Crippen LogP contribution in [-0.4, -0.2) is 40.7 Å². The average molecular weight is 281 g/mol. The van der Waals surface area contributed by atoms with E-state index < -0.39 is 10.9 Å². The molecule has 0 saturated carbocycles. The molecule has 0 aliphatic rings. The Morgan fingerprint density at radius 2 is 2.35 bits per heavy atom. The first-order valence-electron chi connectivity index (χ1n) is 5.86. The van der Waals surface area contributed by atoms with E-state index in [1.807, 2.05) is 0 Å². The smallest absolute Gasteiger partial charge is 0.339 e. The Morgan fingerprint density at radius 3 is 2.95 bits per heavy atom. The minimum Gasteiger partial charge on any atom is -0.478 e. The van der Waals surface area contributed by atoms with Gasteiger partial charge in [-0.3, -0.25) is 10.1 Å². The number of hydrogen-bond acceptors (Lipinski definition) is 6. The van der Waals surface area contributed by atoms with Crippen molar-refractivity contribution in [2.45, 2.75) is 6.42 Å². The van der Waals surface area contributed by atoms with Gasteiger partial charge in [0.25, 0.3) is 5.69 Å². The summed E-state index contributed by atoms with van der Waals surface area (Å²) in [6, 6.07) is 0.968. The Hall–Kier alpha value is -2.48. The maximum Gasteiger partial charge on any atom is 0.339 e. The molecule has 0 amide bonds. The molecule has 0 radical (unpaired) electrons. The van der Waals surface area contributed by atoms with E-state index in [4.69, 9.17) is 9.84 Å². The van der Waals surface area contributed by atoms with Crippen molar-refractivity contribution in [2.75, 3.05) is 25.1 Å². The molecule has 0 aliphatic heterocycles. The molecule has 0 fully saturated rings. The van der Waals surface area contributed by atoms with Crippen molar-refractivity contribution >= 4 is 17.5 Å². The highest BCUT2D eigenvalue weighted by molar-refractivity contribution is 5.93. The number of pyridine rings is 1. The molecule has 0 spiro atoms. The highest BCUT2D eigenvalue weighted by Gasteiger charge is 2.17. The van der Waals surface area contributed by atoms with E-state index in [9.17, 15) is 14.9 Å². The molecule has 0 saturated heterocycles. The van der Waals surface area contributed by atoms with Crippen molar-refractivity contribution in [2.24, 2.45) is 0 Å². The second-order valence-corrected chi connectivity index (χ2v) is 3.77. The number of aromatic carboxylic acids is 1. The molecule has 8 nitrogen and oxygen atoms in total. The van der Waals surface area contributed by atoms with E-state index in [0.29, 0.717) is 19.8 Å². The third kappa shape index (κ3) is 4.65. The van der Waals surface area contributed by atoms with Gasteiger partial charge in [0.2, 0.25) is 0 Å². The van der Waals surface area contributed by atoms with Gasteiger partial charge in [-0.2, -0.15) is 0 Å². The van der Waals surface area contributed by atoms with Crippen LogP contribution in [0.2, 0.25) is 0 Å². The van der Waals surface area contributed by atoms with E-state index in [1.165, 1.54) is 0 Å². The number of nitro groups is 1. The van der Waals surface area contributed by atoms with Crippen LogP contribution in [0.5, 0.6) is 0 Å². The van der Waals surface area contributed by atoms with Crippen LogP contribution in [-0.2, 0) is 4.74 Å². The average Bonchev–Trinajstić information content (AvgIpc) is 2.42. The normalized spacial score (nSPS) is 10.0. The first kappa shape index (κ1) is 15.6. The lowest BCUT2D eigenvalue weighted by Crippen LogP contribution is -2.14. The molecular weight excluding hydrogens is 266 g/mol. The maximum atomic E-state index is 11.0. The minimum atomic E-state index is -1.28. The zero-order chi connectivity index (χ0) is 15.0. The van der Waals surface area contributed by atoms with Crippen LogP contribution >= 0.6 is 0 Å². The van der Waals surface area contributed by atoms with Crippen molar-refractivity contribution in [3.05, 3.63) is 40.6 Å². The molecule has 0 atom stereocenters. The van der Waals surface area contributed by atoms with Crippen LogP contribution in [0.15, 0.2) is 24.9 Å². The molecule has 1 heterocycles. The number of carboxylic acids is 1. The number of ether oxygens (including phenoxy) is 1. The van der Waals surface area contributed by atoms with Gasteiger partial charge < -0.3 is 15.2 Å². The fraction of sp³-hybridized carbons (Fsp3) is 0.333. The lowest BCUT2D eigenvalue weighted by molar-refractivity contribution is -0.385. The molecule has 2 N–H and O–H groups in total. The topological polar surface area (TPSA) is 115 Å². The molecule has 1 aromatic rings. The standard InChI is InChI=1S/C12H15N3O5/c1-2-3-5-20-6-4-13-11-10(12(16)17)7-9(8-14-11)15(18)19/h2,7-8H,1,3-6H2,(H,13,14)(H,16,17). The summed E-state index contributed by atoms with van der Waals surface area (Å²) in [6.07, 6.45) is 3.47. The number of anilines is 1. The Labute approximate surface area is 115 Å². The van der Waals surface area contributed by atoms with Gasteiger partial charge in [-0.1, -0.05) is 6.08 Å². The predicted octanol–water partition coefficient (Wildman–Crippen LogP) is 1.69. The Bertz CT molecular complexity index is 504. The Balaban J connectivity index is 2.62. The SMILES string of the molecule is C=CCCOCCNc1ncc([N+](=O)[O-])cc1C(=O)O. The fourth-order valence-corrected chi connectivity index (χ4v) is 1.37. The van der Waals surface area contributed by atoms with E-state index in [1.54, 1.807) is 6.08 Å². The van der Waals surface area contributed by atoms with Crippen molar-refractivity contribution in [1.29, 1.82) is 0 Å². The molecule has 0 bridgehead atoms. The van der Waals surface area contributed by atoms with Gasteiger partial charge in [0.15, 0.2) is 0 Å². The summed E-state index contributed by atoms with van der Waals surface area (Å²) in [6.45, 7) is 4.80. The van der Waals surface area contributed by atoms with E-state index >= 15 is 0 Å². The summed E-state index contributed by atoms with van der Waals surface area (Å²) < 4.78 is 5.24. The molecule has 20 heavy (non-hydrogen) atoms. The van der Waals surface area contributed by atoms with Gasteiger partial charge in [-0.15, -0.1) is 6.58 Å². The second-order valence-electron chi connectivity index (χ2n) is 3.77. The van der Waals surface area contributed by atoms with Crippen molar-refractivity contribution in [3.8, 4) is 0 Å². The van der Waals surface area contributed by atoms with Crippen molar-refractivity contribution in [1.82, 2.24) is 4.98 Å². The first-order valence-corrected chi connectivity index (χ1v) is 5.86. The molecular formula is C12H15N3O5. The molecule has 0 aliphatic carbocycles. The van der Waals surface area contributed by atoms with Crippen LogP contribution < -0.4 is 5.32 Å². The molecule has 0 unspecified atom stereocenters. The lowest BCUT2D eigenvalue weighted by Gasteiger charge is -2.08. The van der Waals surface area contributed by atoms with Gasteiger partial charge in [0, 0.05) is 12.6 Å². The number of carboxylic acid groups (broad SMARTS) is 1. The van der Waals surface area contributed by atoms with Crippen LogP contribution in [0, 0.1) is 10.1 Å². The highest BCUT2D eigenvalue weighted by Crippen LogP contribution is 2.18. The van der Waals surface area contributed by atoms with Gasteiger partial charge in [0.05, 0.1) is 18.1 Å². The third-order valence-corrected chi connectivity index (χ3v) is 2.32. The Morgan fingerprint density at radius 1 is 1.60 bits per heavy atom. The van der Waals surface area contributed by atoms with Crippen LogP contribution in [0.4, 0.5) is 11.5 Å². The third-order valence-electron chi connectivity index (χ3n) is 2.32. The number of nitrogens with zero attached hydrogens (tertiary/aromatic N) is 2. The molecule has 1 rings (SSSR count). The van der Waals surface area contributed by atoms with Gasteiger partial charge >= 0.3 is 5.97 Å². The molecule has 0 aromatic carbocycles. The number of carbonyl (C=O) groups is 1. The zero-order valence-electron chi connectivity index (χ0n) is 10.7. The van der Waals surface area contributed by atoms with Crippen molar-refractivity contribution in [3.63, 3.8) is 0 Å². The van der Waals surface area contributed by atoms with Gasteiger partial charge in [0.1, 0.15) is 17.6 Å². The summed E-state index contributed by atoms with van der Waals surface area (Å²) in [4.78, 5) is 24.7. The van der Waals surface area contributed by atoms with E-state index in [-0.39, 0.29) is 17.1 Å². The fourth-order valence-electron chi connectivity index (χ4n) is 1.37. The lowest BCUT2D eigenvalue weighted by atomic mass is 10.2. The number of hydrogen-bond donors (Lipinski definition) is 2. The summed E-state index contributed by atoms with van der Waals surface area (Å²) in [5, 5.41) is 22.3. The van der Waals surface area contributed by atoms with Crippen molar-refractivity contribution < 1.29 is 19.6 Å². The summed E-state index contributed by atoms with van der Waals surface area (Å²) in [7, 11) is 0. The monoisotopic (exact) mass is 281 g/mol. The zero-order valence-corrected chi connectivity index (χ0v) is 10.7. The number of aromatic nitrogens is 1. The van der Waals surface area contributed by atoms with Gasteiger partial charge in [-0.25, -0.2) is 9.78 Å². The first-order chi connectivity index (χ1) is 9.56. The van der Waals surface area contributed by atoms with Crippen LogP contribution in [0.3, 0.4) is 0 Å². The predicted molar refractivity (Wildman–Crippen MR) is 72.0 cm³/mol. The summed E-state index contributed by atoms with van der Waals surface area (Å²) in [5.74, 6) is -1.20. The van der Waals surface area contributed by atoms with Crippen LogP contribution in [0.25, 0.3) is 0 Å². The largest absolute Gasteiger partial charge is 0.478 e. The number of nitrogens with one attached hydrogen (secondary N) is 1. The molecule has 108 valence electrons. The minimum absolute atomic E-state index is 0.0791. The number of rotatable bonds is 9. The van der Waals surface area contributed by atoms with E-state index in [0.717, 1.165) is 18.7 Å². The molecule has 1 aromatic heterocycles. The quantitative estimate of drug-likeness (QED) is 0.306. The summed E-state index contributed by atoms with van der Waals surface area (Å²) in [5.41, 5.74) is -0.611. The maximum absolute atomic E-state index is 11.0. The van der Waals surface area contributed by atoms with E-state index in [2.05, 4.69) is 16.9 Å².